The minimum Gasteiger partial charge on any atom is -0.489 e. The van der Waals surface area contributed by atoms with Crippen LogP contribution in [0.15, 0.2) is 66.7 Å². The molecule has 0 aliphatic heterocycles. The van der Waals surface area contributed by atoms with Crippen molar-refractivity contribution in [2.45, 2.75) is 59.8 Å². The molecule has 0 aliphatic rings. The van der Waals surface area contributed by atoms with E-state index < -0.39 is 17.6 Å². The molecule has 190 valence electrons. The summed E-state index contributed by atoms with van der Waals surface area (Å²) in [6.45, 7) is 10.2. The Morgan fingerprint density at radius 1 is 0.889 bits per heavy atom. The lowest BCUT2D eigenvalue weighted by Gasteiger charge is -2.31. The molecule has 0 radical (unpaired) electrons. The Kier molecular flexibility index (Phi) is 8.75. The molecule has 36 heavy (non-hydrogen) atoms. The average molecular weight is 490 g/mol. The van der Waals surface area contributed by atoms with Gasteiger partial charge in [-0.05, 0) is 72.7 Å². The van der Waals surface area contributed by atoms with Gasteiger partial charge in [-0.1, -0.05) is 63.2 Å². The fraction of sp³-hybridized carbons (Fsp3) is 0.333. The lowest BCUT2D eigenvalue weighted by molar-refractivity contribution is -0.158. The predicted molar refractivity (Wildman–Crippen MR) is 140 cm³/mol. The molecule has 2 N–H and O–H groups in total. The van der Waals surface area contributed by atoms with Crippen molar-refractivity contribution in [1.29, 1.82) is 0 Å². The highest BCUT2D eigenvalue weighted by molar-refractivity contribution is 5.97. The maximum Gasteiger partial charge on any atom is 0.370 e. The minimum atomic E-state index is -1.91. The zero-order valence-corrected chi connectivity index (χ0v) is 21.6. The third-order valence-electron chi connectivity index (χ3n) is 6.23. The smallest absolute Gasteiger partial charge is 0.370 e. The first-order valence-electron chi connectivity index (χ1n) is 12.3. The molecule has 0 heterocycles. The molecule has 0 aromatic heterocycles. The second-order valence-electron chi connectivity index (χ2n) is 9.42. The number of aliphatic carboxylic acids is 1. The van der Waals surface area contributed by atoms with E-state index in [0.29, 0.717) is 29.6 Å². The highest BCUT2D eigenvalue weighted by Gasteiger charge is 2.42. The Morgan fingerprint density at radius 3 is 2.06 bits per heavy atom. The number of nitrogens with one attached hydrogen (secondary N) is 1. The monoisotopic (exact) mass is 489 g/mol. The van der Waals surface area contributed by atoms with Gasteiger partial charge < -0.3 is 19.9 Å². The van der Waals surface area contributed by atoms with E-state index >= 15 is 0 Å². The molecule has 0 aliphatic carbocycles. The fourth-order valence-corrected chi connectivity index (χ4v) is 3.91. The summed E-state index contributed by atoms with van der Waals surface area (Å²) in [7, 11) is 0. The number of amides is 1. The standard InChI is InChI=1S/C30H35NO5/c1-6-30(29(33)34,31-28(32)25-10-8-7-9-11-25)36-27-17-16-26(21(4)22(27)5)35-19-24-14-12-23(13-15-24)18-20(2)3/h7-17,20H,6,18-19H2,1-5H3,(H,31,32)(H,33,34). The molecule has 0 bridgehead atoms. The summed E-state index contributed by atoms with van der Waals surface area (Å²) in [6.07, 6.45) is 1.08. The Morgan fingerprint density at radius 2 is 1.47 bits per heavy atom. The van der Waals surface area contributed by atoms with Crippen LogP contribution in [0.4, 0.5) is 0 Å². The molecule has 0 saturated carbocycles. The summed E-state index contributed by atoms with van der Waals surface area (Å²) in [5.74, 6) is -0.119. The van der Waals surface area contributed by atoms with Crippen LogP contribution < -0.4 is 14.8 Å². The number of hydrogen-bond donors (Lipinski definition) is 2. The predicted octanol–water partition coefficient (Wildman–Crippen LogP) is 6.08. The quantitative estimate of drug-likeness (QED) is 0.319. The molecule has 3 aromatic rings. The van der Waals surface area contributed by atoms with E-state index in [1.807, 2.05) is 13.8 Å². The van der Waals surface area contributed by atoms with Crippen molar-refractivity contribution in [3.63, 3.8) is 0 Å². The zero-order chi connectivity index (χ0) is 26.3. The van der Waals surface area contributed by atoms with Crippen molar-refractivity contribution in [3.8, 4) is 11.5 Å². The summed E-state index contributed by atoms with van der Waals surface area (Å²) in [5.41, 5.74) is 2.40. The fourth-order valence-electron chi connectivity index (χ4n) is 3.91. The van der Waals surface area contributed by atoms with Crippen LogP contribution >= 0.6 is 0 Å². The summed E-state index contributed by atoms with van der Waals surface area (Å²) in [5, 5.41) is 12.6. The molecular formula is C30H35NO5. The third kappa shape index (κ3) is 6.45. The number of carbonyl (C=O) groups is 2. The number of ether oxygens (including phenoxy) is 2. The van der Waals surface area contributed by atoms with Crippen molar-refractivity contribution < 1.29 is 24.2 Å². The molecule has 0 saturated heterocycles. The van der Waals surface area contributed by atoms with Crippen LogP contribution in [0, 0.1) is 19.8 Å². The van der Waals surface area contributed by atoms with Crippen LogP contribution in [0.5, 0.6) is 11.5 Å². The molecule has 6 heteroatoms. The van der Waals surface area contributed by atoms with Gasteiger partial charge in [-0.15, -0.1) is 0 Å². The van der Waals surface area contributed by atoms with Gasteiger partial charge in [-0.25, -0.2) is 4.79 Å². The largest absolute Gasteiger partial charge is 0.489 e. The van der Waals surface area contributed by atoms with Crippen LogP contribution in [0.1, 0.15) is 59.8 Å². The number of carboxylic acids is 1. The van der Waals surface area contributed by atoms with Crippen LogP contribution in [0.25, 0.3) is 0 Å². The number of rotatable bonds is 11. The Balaban J connectivity index is 1.75. The molecule has 1 unspecified atom stereocenters. The van der Waals surface area contributed by atoms with Crippen molar-refractivity contribution in [3.05, 3.63) is 94.5 Å². The van der Waals surface area contributed by atoms with Gasteiger partial charge in [0, 0.05) is 12.0 Å². The maximum absolute atomic E-state index is 12.7. The molecule has 3 aromatic carbocycles. The van der Waals surface area contributed by atoms with E-state index in [1.165, 1.54) is 5.56 Å². The highest BCUT2D eigenvalue weighted by Crippen LogP contribution is 2.32. The van der Waals surface area contributed by atoms with Gasteiger partial charge in [0.1, 0.15) is 18.1 Å². The molecule has 1 atom stereocenters. The van der Waals surface area contributed by atoms with Gasteiger partial charge in [0.2, 0.25) is 0 Å². The van der Waals surface area contributed by atoms with E-state index in [1.54, 1.807) is 49.4 Å². The van der Waals surface area contributed by atoms with Crippen LogP contribution in [0.3, 0.4) is 0 Å². The normalized spacial score (nSPS) is 12.6. The summed E-state index contributed by atoms with van der Waals surface area (Å²) >= 11 is 0. The molecule has 3 rings (SSSR count). The Bertz CT molecular complexity index is 1190. The number of benzene rings is 3. The third-order valence-corrected chi connectivity index (χ3v) is 6.23. The summed E-state index contributed by atoms with van der Waals surface area (Å²) < 4.78 is 12.1. The van der Waals surface area contributed by atoms with Gasteiger partial charge in [-0.2, -0.15) is 0 Å². The maximum atomic E-state index is 12.7. The number of hydrogen-bond acceptors (Lipinski definition) is 4. The second-order valence-corrected chi connectivity index (χ2v) is 9.42. The van der Waals surface area contributed by atoms with Crippen molar-refractivity contribution in [2.75, 3.05) is 0 Å². The van der Waals surface area contributed by atoms with Gasteiger partial charge >= 0.3 is 5.97 Å². The van der Waals surface area contributed by atoms with Crippen molar-refractivity contribution in [1.82, 2.24) is 5.32 Å². The van der Waals surface area contributed by atoms with E-state index in [-0.39, 0.29) is 6.42 Å². The van der Waals surface area contributed by atoms with E-state index in [4.69, 9.17) is 9.47 Å². The topological polar surface area (TPSA) is 84.9 Å². The van der Waals surface area contributed by atoms with E-state index in [2.05, 4.69) is 43.4 Å². The first-order valence-corrected chi connectivity index (χ1v) is 12.3. The van der Waals surface area contributed by atoms with Gasteiger partial charge in [0.25, 0.3) is 11.6 Å². The zero-order valence-electron chi connectivity index (χ0n) is 21.6. The van der Waals surface area contributed by atoms with E-state index in [9.17, 15) is 14.7 Å². The van der Waals surface area contributed by atoms with Gasteiger partial charge in [0.15, 0.2) is 0 Å². The summed E-state index contributed by atoms with van der Waals surface area (Å²) in [6, 6.07) is 20.3. The van der Waals surface area contributed by atoms with Crippen LogP contribution in [-0.4, -0.2) is 22.7 Å². The SMILES string of the molecule is CCC(NC(=O)c1ccccc1)(Oc1ccc(OCc2ccc(CC(C)C)cc2)c(C)c1C)C(=O)O. The van der Waals surface area contributed by atoms with Crippen molar-refractivity contribution in [2.24, 2.45) is 5.92 Å². The minimum absolute atomic E-state index is 0.0322. The molecule has 6 nitrogen and oxygen atoms in total. The molecule has 0 spiro atoms. The Labute approximate surface area is 213 Å². The number of carbonyl (C=O) groups excluding carboxylic acids is 1. The van der Waals surface area contributed by atoms with Gasteiger partial charge in [0.05, 0.1) is 0 Å². The lowest BCUT2D eigenvalue weighted by Crippen LogP contribution is -2.58. The highest BCUT2D eigenvalue weighted by atomic mass is 16.5. The first kappa shape index (κ1) is 26.8. The first-order chi connectivity index (χ1) is 17.1. The van der Waals surface area contributed by atoms with E-state index in [0.717, 1.165) is 23.1 Å². The van der Waals surface area contributed by atoms with Crippen molar-refractivity contribution >= 4 is 11.9 Å². The number of carboxylic acid groups (broad SMARTS) is 1. The summed E-state index contributed by atoms with van der Waals surface area (Å²) in [4.78, 5) is 25.0. The molecule has 1 amide bonds. The van der Waals surface area contributed by atoms with Crippen LogP contribution in [0.2, 0.25) is 0 Å². The molecular weight excluding hydrogens is 454 g/mol. The average Bonchev–Trinajstić information content (AvgIpc) is 2.86. The molecule has 0 fully saturated rings. The van der Waals surface area contributed by atoms with Gasteiger partial charge in [-0.3, -0.25) is 4.79 Å². The van der Waals surface area contributed by atoms with Crippen LogP contribution in [-0.2, 0) is 17.8 Å². The second kappa shape index (κ2) is 11.8. The Hall–Kier alpha value is -3.80. The lowest BCUT2D eigenvalue weighted by atomic mass is 10.0.